The van der Waals surface area contributed by atoms with E-state index in [9.17, 15) is 24.9 Å². The van der Waals surface area contributed by atoms with Crippen LogP contribution in [0.15, 0.2) is 42.5 Å². The molecule has 9 heteroatoms. The molecule has 4 N–H and O–H groups in total. The quantitative estimate of drug-likeness (QED) is 0.478. The van der Waals surface area contributed by atoms with Gasteiger partial charge in [-0.1, -0.05) is 29.8 Å². The molecule has 1 unspecified atom stereocenters. The minimum absolute atomic E-state index is 0.0343. The fourth-order valence-electron chi connectivity index (χ4n) is 3.01. The maximum atomic E-state index is 11.3. The number of carboxylic acids is 2. The molecule has 0 saturated heterocycles. The number of ether oxygens (including phenoxy) is 2. The molecule has 0 fully saturated rings. The Morgan fingerprint density at radius 2 is 1.79 bits per heavy atom. The third-order valence-electron chi connectivity index (χ3n) is 4.51. The molecule has 1 aliphatic rings. The van der Waals surface area contributed by atoms with Gasteiger partial charge in [-0.15, -0.1) is 0 Å². The minimum Gasteiger partial charge on any atom is -0.475 e. The second-order valence-electron chi connectivity index (χ2n) is 6.80. The van der Waals surface area contributed by atoms with Crippen LogP contribution in [0, 0.1) is 0 Å². The summed E-state index contributed by atoms with van der Waals surface area (Å²) in [7, 11) is 0. The molecule has 1 heterocycles. The first kappa shape index (κ1) is 20.9. The maximum Gasteiger partial charge on any atom is 0.453 e. The van der Waals surface area contributed by atoms with Gasteiger partial charge in [0.25, 0.3) is 0 Å². The number of aliphatic hydroxyl groups is 1. The molecule has 8 nitrogen and oxygen atoms in total. The number of benzene rings is 2. The van der Waals surface area contributed by atoms with Gasteiger partial charge in [0.2, 0.25) is 0 Å². The number of aliphatic carboxylic acids is 2. The smallest absolute Gasteiger partial charge is 0.453 e. The van der Waals surface area contributed by atoms with Gasteiger partial charge < -0.3 is 30.1 Å². The van der Waals surface area contributed by atoms with Gasteiger partial charge in [-0.3, -0.25) is 0 Å². The average molecular weight is 422 g/mol. The van der Waals surface area contributed by atoms with E-state index >= 15 is 0 Å². The fourth-order valence-corrected chi connectivity index (χ4v) is 3.21. The SMILES string of the molecule is C[C@H](Cc1ccc2c(c1)OC(C(=O)O)(C(=O)O)O2)NCC(O)c1cccc(Cl)c1. The van der Waals surface area contributed by atoms with Crippen molar-refractivity contribution < 1.29 is 34.4 Å². The van der Waals surface area contributed by atoms with Gasteiger partial charge in [0, 0.05) is 17.6 Å². The summed E-state index contributed by atoms with van der Waals surface area (Å²) in [6, 6.07) is 11.7. The summed E-state index contributed by atoms with van der Waals surface area (Å²) in [5.74, 6) is -6.15. The van der Waals surface area contributed by atoms with Gasteiger partial charge >= 0.3 is 17.7 Å². The summed E-state index contributed by atoms with van der Waals surface area (Å²) >= 11 is 5.94. The number of fused-ring (bicyclic) bond motifs is 1. The minimum atomic E-state index is -2.77. The monoisotopic (exact) mass is 421 g/mol. The summed E-state index contributed by atoms with van der Waals surface area (Å²) in [5.41, 5.74) is 1.50. The van der Waals surface area contributed by atoms with E-state index in [1.54, 1.807) is 36.4 Å². The second kappa shape index (κ2) is 8.28. The molecule has 0 aromatic heterocycles. The molecule has 2 aromatic carbocycles. The zero-order valence-electron chi connectivity index (χ0n) is 15.5. The van der Waals surface area contributed by atoms with Crippen molar-refractivity contribution in [1.29, 1.82) is 0 Å². The number of carbonyl (C=O) groups is 2. The van der Waals surface area contributed by atoms with Gasteiger partial charge in [-0.25, -0.2) is 9.59 Å². The molecule has 2 aromatic rings. The predicted octanol–water partition coefficient (Wildman–Crippen LogP) is 2.23. The van der Waals surface area contributed by atoms with Crippen molar-refractivity contribution in [2.24, 2.45) is 0 Å². The highest BCUT2D eigenvalue weighted by Gasteiger charge is 2.57. The summed E-state index contributed by atoms with van der Waals surface area (Å²) < 4.78 is 10.1. The van der Waals surface area contributed by atoms with Gasteiger partial charge in [0.05, 0.1) is 6.10 Å². The van der Waals surface area contributed by atoms with Crippen LogP contribution in [0.2, 0.25) is 5.02 Å². The molecular formula is C20H20ClNO7. The van der Waals surface area contributed by atoms with Crippen LogP contribution in [0.3, 0.4) is 0 Å². The van der Waals surface area contributed by atoms with Crippen LogP contribution in [-0.2, 0) is 16.0 Å². The topological polar surface area (TPSA) is 125 Å². The molecule has 3 rings (SSSR count). The van der Waals surface area contributed by atoms with Crippen molar-refractivity contribution in [1.82, 2.24) is 5.32 Å². The van der Waals surface area contributed by atoms with Crippen molar-refractivity contribution >= 4 is 23.5 Å². The molecule has 154 valence electrons. The van der Waals surface area contributed by atoms with E-state index in [1.807, 2.05) is 6.92 Å². The lowest BCUT2D eigenvalue weighted by atomic mass is 10.1. The van der Waals surface area contributed by atoms with Gasteiger partial charge in [0.15, 0.2) is 11.5 Å². The Balaban J connectivity index is 1.61. The molecule has 0 aliphatic carbocycles. The first-order chi connectivity index (χ1) is 13.7. The second-order valence-corrected chi connectivity index (χ2v) is 7.23. The molecule has 29 heavy (non-hydrogen) atoms. The van der Waals surface area contributed by atoms with Crippen molar-refractivity contribution in [3.8, 4) is 11.5 Å². The van der Waals surface area contributed by atoms with Crippen LogP contribution in [0.5, 0.6) is 11.5 Å². The maximum absolute atomic E-state index is 11.3. The van der Waals surface area contributed by atoms with Crippen LogP contribution in [0.4, 0.5) is 0 Å². The number of hydrogen-bond donors (Lipinski definition) is 4. The van der Waals surface area contributed by atoms with Crippen LogP contribution in [0.1, 0.15) is 24.2 Å². The van der Waals surface area contributed by atoms with Crippen molar-refractivity contribution in [2.45, 2.75) is 31.3 Å². The molecule has 2 atom stereocenters. The van der Waals surface area contributed by atoms with Gasteiger partial charge in [-0.05, 0) is 48.7 Å². The highest BCUT2D eigenvalue weighted by Crippen LogP contribution is 2.40. The van der Waals surface area contributed by atoms with Crippen molar-refractivity contribution in [3.63, 3.8) is 0 Å². The lowest BCUT2D eigenvalue weighted by Crippen LogP contribution is -2.54. The van der Waals surface area contributed by atoms with Crippen LogP contribution < -0.4 is 14.8 Å². The van der Waals surface area contributed by atoms with E-state index in [1.165, 1.54) is 6.07 Å². The summed E-state index contributed by atoms with van der Waals surface area (Å²) in [6.45, 7) is 2.24. The Bertz CT molecular complexity index is 919. The highest BCUT2D eigenvalue weighted by molar-refractivity contribution is 6.30. The Morgan fingerprint density at radius 1 is 1.10 bits per heavy atom. The third-order valence-corrected chi connectivity index (χ3v) is 4.75. The largest absolute Gasteiger partial charge is 0.475 e. The van der Waals surface area contributed by atoms with Crippen LogP contribution in [0.25, 0.3) is 0 Å². The van der Waals surface area contributed by atoms with E-state index < -0.39 is 23.8 Å². The molecule has 0 amide bonds. The standard InChI is InChI=1S/C20H20ClNO7/c1-11(22-10-15(23)13-3-2-4-14(21)9-13)7-12-5-6-16-17(8-12)29-20(28-16,18(24)25)19(26)27/h2-6,8-9,11,15,22-23H,7,10H2,1H3,(H,24,25)(H,26,27)/t11-,15?/m1/s1. The third kappa shape index (κ3) is 4.45. The zero-order chi connectivity index (χ0) is 21.2. The summed E-state index contributed by atoms with van der Waals surface area (Å²) in [6.07, 6.45) is -0.189. The Morgan fingerprint density at radius 3 is 2.45 bits per heavy atom. The van der Waals surface area contributed by atoms with Crippen molar-refractivity contribution in [3.05, 3.63) is 58.6 Å². The van der Waals surface area contributed by atoms with E-state index in [0.717, 1.165) is 5.56 Å². The Hall–Kier alpha value is -2.81. The number of nitrogens with one attached hydrogen (secondary N) is 1. The molecule has 0 saturated carbocycles. The number of rotatable bonds is 8. The number of aliphatic hydroxyl groups excluding tert-OH is 1. The summed E-state index contributed by atoms with van der Waals surface area (Å²) in [4.78, 5) is 22.6. The first-order valence-electron chi connectivity index (χ1n) is 8.86. The Labute approximate surface area is 171 Å². The first-order valence-corrected chi connectivity index (χ1v) is 9.23. The van der Waals surface area contributed by atoms with E-state index in [4.69, 9.17) is 21.1 Å². The molecule has 1 aliphatic heterocycles. The van der Waals surface area contributed by atoms with Gasteiger partial charge in [0.1, 0.15) is 0 Å². The number of halogens is 1. The highest BCUT2D eigenvalue weighted by atomic mass is 35.5. The average Bonchev–Trinajstić information content (AvgIpc) is 3.06. The van der Waals surface area contributed by atoms with Crippen molar-refractivity contribution in [2.75, 3.05) is 6.54 Å². The Kier molecular flexibility index (Phi) is 5.97. The normalized spacial score (nSPS) is 16.2. The zero-order valence-corrected chi connectivity index (χ0v) is 16.2. The number of carboxylic acid groups (broad SMARTS) is 2. The van der Waals surface area contributed by atoms with E-state index in [0.29, 0.717) is 23.6 Å². The van der Waals surface area contributed by atoms with E-state index in [2.05, 4.69) is 5.32 Å². The van der Waals surface area contributed by atoms with E-state index in [-0.39, 0.29) is 17.5 Å². The molecule has 0 spiro atoms. The fraction of sp³-hybridized carbons (Fsp3) is 0.300. The molecule has 0 radical (unpaired) electrons. The lowest BCUT2D eigenvalue weighted by Gasteiger charge is -2.18. The lowest BCUT2D eigenvalue weighted by molar-refractivity contribution is -0.194. The number of hydrogen-bond acceptors (Lipinski definition) is 6. The summed E-state index contributed by atoms with van der Waals surface area (Å²) in [5, 5.41) is 32.4. The van der Waals surface area contributed by atoms with Gasteiger partial charge in [-0.2, -0.15) is 0 Å². The van der Waals surface area contributed by atoms with Crippen LogP contribution >= 0.6 is 11.6 Å². The molecular weight excluding hydrogens is 402 g/mol. The predicted molar refractivity (Wildman–Crippen MR) is 103 cm³/mol. The van der Waals surface area contributed by atoms with Crippen LogP contribution in [-0.4, -0.2) is 45.6 Å². The molecule has 0 bridgehead atoms.